The fourth-order valence-electron chi connectivity index (χ4n) is 1.80. The van der Waals surface area contributed by atoms with E-state index in [4.69, 9.17) is 0 Å². The first-order valence-electron chi connectivity index (χ1n) is 6.42. The Kier molecular flexibility index (Phi) is 4.17. The molecule has 0 atom stereocenters. The molecule has 1 aromatic carbocycles. The van der Waals surface area contributed by atoms with E-state index in [-0.39, 0.29) is 5.78 Å². The van der Waals surface area contributed by atoms with Gasteiger partial charge in [-0.2, -0.15) is 0 Å². The van der Waals surface area contributed by atoms with Gasteiger partial charge in [-0.05, 0) is 31.2 Å². The van der Waals surface area contributed by atoms with Gasteiger partial charge in [0, 0.05) is 4.88 Å². The summed E-state index contributed by atoms with van der Waals surface area (Å²) in [5.74, 6) is 0.479. The normalized spacial score (nSPS) is 10.7. The molecule has 3 aromatic rings. The van der Waals surface area contributed by atoms with Crippen molar-refractivity contribution in [2.24, 2.45) is 0 Å². The Labute approximate surface area is 130 Å². The maximum absolute atomic E-state index is 12.0. The number of aryl methyl sites for hydroxylation is 1. The predicted molar refractivity (Wildman–Crippen MR) is 85.5 cm³/mol. The van der Waals surface area contributed by atoms with Crippen molar-refractivity contribution in [2.75, 3.05) is 5.75 Å². The number of thiophene rings is 1. The minimum atomic E-state index is 0.120. The lowest BCUT2D eigenvalue weighted by Crippen LogP contribution is -2.00. The van der Waals surface area contributed by atoms with Crippen molar-refractivity contribution < 1.29 is 4.79 Å². The molecule has 0 N–H and O–H groups in total. The highest BCUT2D eigenvalue weighted by molar-refractivity contribution is 7.99. The SMILES string of the molecule is Cc1ccc(C(=O)CSc2ncn(-c3ccccc3)n2)s1. The highest BCUT2D eigenvalue weighted by Gasteiger charge is 2.11. The van der Waals surface area contributed by atoms with Crippen LogP contribution in [0.25, 0.3) is 5.69 Å². The number of hydrogen-bond donors (Lipinski definition) is 0. The predicted octanol–water partition coefficient (Wildman–Crippen LogP) is 3.61. The van der Waals surface area contributed by atoms with Crippen molar-refractivity contribution in [3.8, 4) is 5.69 Å². The zero-order valence-corrected chi connectivity index (χ0v) is 13.0. The maximum Gasteiger partial charge on any atom is 0.209 e. The molecule has 0 saturated heterocycles. The molecule has 0 spiro atoms. The molecule has 0 radical (unpaired) electrons. The van der Waals surface area contributed by atoms with Crippen molar-refractivity contribution in [1.29, 1.82) is 0 Å². The van der Waals surface area contributed by atoms with Gasteiger partial charge in [-0.25, -0.2) is 9.67 Å². The van der Waals surface area contributed by atoms with Crippen LogP contribution in [0.2, 0.25) is 0 Å². The number of benzene rings is 1. The molecule has 0 aliphatic heterocycles. The number of aromatic nitrogens is 3. The van der Waals surface area contributed by atoms with E-state index in [0.717, 1.165) is 15.4 Å². The van der Waals surface area contributed by atoms with E-state index >= 15 is 0 Å². The summed E-state index contributed by atoms with van der Waals surface area (Å²) in [5.41, 5.74) is 0.956. The second-order valence-corrected chi connectivity index (χ2v) is 6.66. The molecule has 21 heavy (non-hydrogen) atoms. The number of carbonyl (C=O) groups excluding carboxylic acids is 1. The number of thioether (sulfide) groups is 1. The second kappa shape index (κ2) is 6.24. The van der Waals surface area contributed by atoms with E-state index in [0.29, 0.717) is 10.9 Å². The van der Waals surface area contributed by atoms with E-state index in [1.54, 1.807) is 11.0 Å². The molecular weight excluding hydrogens is 302 g/mol. The fourth-order valence-corrected chi connectivity index (χ4v) is 3.38. The molecule has 3 rings (SSSR count). The lowest BCUT2D eigenvalue weighted by atomic mass is 10.3. The Morgan fingerprint density at radius 3 is 2.76 bits per heavy atom. The first kappa shape index (κ1) is 14.0. The number of carbonyl (C=O) groups is 1. The van der Waals surface area contributed by atoms with Gasteiger partial charge >= 0.3 is 0 Å². The number of Topliss-reactive ketones (excluding diaryl/α,β-unsaturated/α-hetero) is 1. The largest absolute Gasteiger partial charge is 0.292 e. The Morgan fingerprint density at radius 2 is 2.05 bits per heavy atom. The summed E-state index contributed by atoms with van der Waals surface area (Å²) in [6.45, 7) is 2.00. The molecule has 0 unspecified atom stereocenters. The van der Waals surface area contributed by atoms with Crippen molar-refractivity contribution in [2.45, 2.75) is 12.1 Å². The van der Waals surface area contributed by atoms with Crippen LogP contribution in [-0.4, -0.2) is 26.3 Å². The minimum Gasteiger partial charge on any atom is -0.292 e. The van der Waals surface area contributed by atoms with Crippen LogP contribution in [0.15, 0.2) is 53.9 Å². The summed E-state index contributed by atoms with van der Waals surface area (Å²) in [6.07, 6.45) is 1.66. The zero-order valence-electron chi connectivity index (χ0n) is 11.4. The number of hydrogen-bond acceptors (Lipinski definition) is 5. The van der Waals surface area contributed by atoms with Crippen molar-refractivity contribution >= 4 is 28.9 Å². The molecule has 0 amide bonds. The van der Waals surface area contributed by atoms with Gasteiger partial charge in [0.1, 0.15) is 6.33 Å². The Hall–Kier alpha value is -1.92. The van der Waals surface area contributed by atoms with Crippen LogP contribution in [-0.2, 0) is 0 Å². The lowest BCUT2D eigenvalue weighted by Gasteiger charge is -1.98. The van der Waals surface area contributed by atoms with Gasteiger partial charge in [0.2, 0.25) is 5.16 Å². The van der Waals surface area contributed by atoms with Crippen LogP contribution in [0.3, 0.4) is 0 Å². The average molecular weight is 315 g/mol. The summed E-state index contributed by atoms with van der Waals surface area (Å²) >= 11 is 2.89. The van der Waals surface area contributed by atoms with Gasteiger partial charge in [-0.15, -0.1) is 16.4 Å². The quantitative estimate of drug-likeness (QED) is 0.533. The van der Waals surface area contributed by atoms with Crippen LogP contribution in [0.4, 0.5) is 0 Å². The maximum atomic E-state index is 12.0. The molecule has 0 saturated carbocycles. The Morgan fingerprint density at radius 1 is 1.24 bits per heavy atom. The first-order chi connectivity index (χ1) is 10.2. The number of para-hydroxylation sites is 1. The van der Waals surface area contributed by atoms with Crippen molar-refractivity contribution in [3.63, 3.8) is 0 Å². The summed E-state index contributed by atoms with van der Waals surface area (Å²) < 4.78 is 1.71. The third kappa shape index (κ3) is 3.40. The first-order valence-corrected chi connectivity index (χ1v) is 8.22. The molecule has 2 aromatic heterocycles. The molecule has 0 bridgehead atoms. The van der Waals surface area contributed by atoms with E-state index in [9.17, 15) is 4.79 Å². The Balaban J connectivity index is 1.64. The third-order valence-electron chi connectivity index (χ3n) is 2.84. The zero-order chi connectivity index (χ0) is 14.7. The summed E-state index contributed by atoms with van der Waals surface area (Å²) in [4.78, 5) is 18.2. The second-order valence-electron chi connectivity index (χ2n) is 4.43. The van der Waals surface area contributed by atoms with E-state index in [1.165, 1.54) is 23.1 Å². The monoisotopic (exact) mass is 315 g/mol. The van der Waals surface area contributed by atoms with Gasteiger partial charge in [0.25, 0.3) is 0 Å². The smallest absolute Gasteiger partial charge is 0.209 e. The van der Waals surface area contributed by atoms with Crippen LogP contribution >= 0.6 is 23.1 Å². The van der Waals surface area contributed by atoms with Gasteiger partial charge in [-0.3, -0.25) is 4.79 Å². The number of rotatable bonds is 5. The molecule has 4 nitrogen and oxygen atoms in total. The van der Waals surface area contributed by atoms with Gasteiger partial charge in [0.05, 0.1) is 16.3 Å². The van der Waals surface area contributed by atoms with Crippen molar-refractivity contribution in [1.82, 2.24) is 14.8 Å². The van der Waals surface area contributed by atoms with Crippen LogP contribution in [0.1, 0.15) is 14.5 Å². The average Bonchev–Trinajstić information content (AvgIpc) is 3.15. The third-order valence-corrected chi connectivity index (χ3v) is 4.73. The molecule has 106 valence electrons. The van der Waals surface area contributed by atoms with E-state index in [1.807, 2.05) is 49.4 Å². The molecule has 0 aliphatic carbocycles. The van der Waals surface area contributed by atoms with E-state index < -0.39 is 0 Å². The summed E-state index contributed by atoms with van der Waals surface area (Å²) in [6, 6.07) is 13.6. The topological polar surface area (TPSA) is 47.8 Å². The standard InChI is InChI=1S/C15H13N3OS2/c1-11-7-8-14(21-11)13(19)9-20-15-16-10-18(17-15)12-5-3-2-4-6-12/h2-8,10H,9H2,1H3. The molecular formula is C15H13N3OS2. The van der Waals surface area contributed by atoms with Gasteiger partial charge < -0.3 is 0 Å². The lowest BCUT2D eigenvalue weighted by molar-refractivity contribution is 0.102. The Bertz CT molecular complexity index is 749. The van der Waals surface area contributed by atoms with E-state index in [2.05, 4.69) is 10.1 Å². The van der Waals surface area contributed by atoms with Gasteiger partial charge in [-0.1, -0.05) is 30.0 Å². The van der Waals surface area contributed by atoms with Crippen molar-refractivity contribution in [3.05, 3.63) is 58.5 Å². The molecule has 2 heterocycles. The van der Waals surface area contributed by atoms with Crippen LogP contribution < -0.4 is 0 Å². The molecule has 0 fully saturated rings. The van der Waals surface area contributed by atoms with Crippen LogP contribution in [0.5, 0.6) is 0 Å². The number of nitrogens with zero attached hydrogens (tertiary/aromatic N) is 3. The van der Waals surface area contributed by atoms with Gasteiger partial charge in [0.15, 0.2) is 5.78 Å². The van der Waals surface area contributed by atoms with Crippen LogP contribution in [0, 0.1) is 6.92 Å². The molecule has 6 heteroatoms. The number of ketones is 1. The highest BCUT2D eigenvalue weighted by Crippen LogP contribution is 2.20. The fraction of sp³-hybridized carbons (Fsp3) is 0.133. The highest BCUT2D eigenvalue weighted by atomic mass is 32.2. The minimum absolute atomic E-state index is 0.120. The molecule has 0 aliphatic rings. The summed E-state index contributed by atoms with van der Waals surface area (Å²) in [5, 5.41) is 4.98. The summed E-state index contributed by atoms with van der Waals surface area (Å²) in [7, 11) is 0.